The molecule has 0 aliphatic carbocycles. The largest absolute Gasteiger partial charge is 0.491 e. The first-order chi connectivity index (χ1) is 8.24. The Labute approximate surface area is 112 Å². The summed E-state index contributed by atoms with van der Waals surface area (Å²) in [5, 5.41) is 3.62. The molecule has 0 saturated heterocycles. The Hall–Kier alpha value is -0.940. The number of alkyl halides is 1. The summed E-state index contributed by atoms with van der Waals surface area (Å²) in [5.41, 5.74) is 1.57. The van der Waals surface area contributed by atoms with Crippen molar-refractivity contribution in [2.75, 3.05) is 6.61 Å². The van der Waals surface area contributed by atoms with E-state index in [1.807, 2.05) is 18.4 Å². The maximum Gasteiger partial charge on any atom is 0.165 e. The van der Waals surface area contributed by atoms with Gasteiger partial charge in [0.05, 0.1) is 17.6 Å². The second-order valence-corrected chi connectivity index (χ2v) is 4.84. The van der Waals surface area contributed by atoms with Gasteiger partial charge >= 0.3 is 0 Å². The van der Waals surface area contributed by atoms with E-state index in [2.05, 4.69) is 20.9 Å². The highest BCUT2D eigenvalue weighted by atomic mass is 79.9. The van der Waals surface area contributed by atoms with Gasteiger partial charge in [0.15, 0.2) is 11.6 Å². The lowest BCUT2D eigenvalue weighted by Gasteiger charge is -2.05. The molecule has 1 aromatic heterocycles. The van der Waals surface area contributed by atoms with Crippen LogP contribution in [0.5, 0.6) is 5.75 Å². The molecule has 0 unspecified atom stereocenters. The molecule has 90 valence electrons. The number of aromatic nitrogens is 1. The van der Waals surface area contributed by atoms with Gasteiger partial charge in [0.2, 0.25) is 0 Å². The van der Waals surface area contributed by atoms with Crippen molar-refractivity contribution in [3.05, 3.63) is 34.4 Å². The maximum absolute atomic E-state index is 13.7. The van der Waals surface area contributed by atoms with E-state index in [0.717, 1.165) is 21.6 Å². The van der Waals surface area contributed by atoms with Crippen LogP contribution in [0.25, 0.3) is 11.3 Å². The zero-order valence-corrected chi connectivity index (χ0v) is 11.6. The minimum atomic E-state index is -0.349. The van der Waals surface area contributed by atoms with Crippen LogP contribution < -0.4 is 4.74 Å². The molecule has 0 N–H and O–H groups in total. The van der Waals surface area contributed by atoms with Crippen molar-refractivity contribution in [1.82, 2.24) is 4.98 Å². The second kappa shape index (κ2) is 5.60. The van der Waals surface area contributed by atoms with E-state index < -0.39 is 0 Å². The van der Waals surface area contributed by atoms with Gasteiger partial charge in [-0.1, -0.05) is 15.9 Å². The normalized spacial score (nSPS) is 10.5. The molecular formula is C12H11BrFNOS. The van der Waals surface area contributed by atoms with Crippen LogP contribution in [0.15, 0.2) is 23.6 Å². The lowest BCUT2D eigenvalue weighted by atomic mass is 10.1. The quantitative estimate of drug-likeness (QED) is 0.787. The van der Waals surface area contributed by atoms with Crippen molar-refractivity contribution in [3.63, 3.8) is 0 Å². The highest BCUT2D eigenvalue weighted by Crippen LogP contribution is 2.27. The van der Waals surface area contributed by atoms with E-state index in [-0.39, 0.29) is 11.6 Å². The Morgan fingerprint density at radius 3 is 2.88 bits per heavy atom. The fourth-order valence-corrected chi connectivity index (χ4v) is 2.61. The molecule has 2 nitrogen and oxygen atoms in total. The average molecular weight is 316 g/mol. The van der Waals surface area contributed by atoms with Gasteiger partial charge in [0.1, 0.15) is 5.01 Å². The number of nitrogens with zero attached hydrogens (tertiary/aromatic N) is 1. The van der Waals surface area contributed by atoms with E-state index >= 15 is 0 Å². The predicted molar refractivity (Wildman–Crippen MR) is 71.3 cm³/mol. The molecular weight excluding hydrogens is 305 g/mol. The summed E-state index contributed by atoms with van der Waals surface area (Å²) in [4.78, 5) is 4.38. The average Bonchev–Trinajstić information content (AvgIpc) is 2.80. The molecule has 0 atom stereocenters. The van der Waals surface area contributed by atoms with Crippen molar-refractivity contribution < 1.29 is 9.13 Å². The molecule has 0 spiro atoms. The SMILES string of the molecule is CCOc1ccc(-c2csc(CBr)n2)cc1F. The number of rotatable bonds is 4. The van der Waals surface area contributed by atoms with Crippen LogP contribution in [0.3, 0.4) is 0 Å². The van der Waals surface area contributed by atoms with Gasteiger partial charge in [-0.15, -0.1) is 11.3 Å². The Morgan fingerprint density at radius 2 is 2.29 bits per heavy atom. The number of hydrogen-bond donors (Lipinski definition) is 0. The molecule has 17 heavy (non-hydrogen) atoms. The highest BCUT2D eigenvalue weighted by Gasteiger charge is 2.08. The molecule has 5 heteroatoms. The van der Waals surface area contributed by atoms with Crippen LogP contribution >= 0.6 is 27.3 Å². The monoisotopic (exact) mass is 315 g/mol. The smallest absolute Gasteiger partial charge is 0.165 e. The molecule has 1 heterocycles. The molecule has 0 aliphatic rings. The molecule has 1 aromatic carbocycles. The highest BCUT2D eigenvalue weighted by molar-refractivity contribution is 9.08. The van der Waals surface area contributed by atoms with Gasteiger partial charge in [-0.05, 0) is 25.1 Å². The maximum atomic E-state index is 13.7. The lowest BCUT2D eigenvalue weighted by Crippen LogP contribution is -1.94. The van der Waals surface area contributed by atoms with Gasteiger partial charge in [0, 0.05) is 10.9 Å². The summed E-state index contributed by atoms with van der Waals surface area (Å²) >= 11 is 4.90. The summed E-state index contributed by atoms with van der Waals surface area (Å²) in [6.07, 6.45) is 0. The van der Waals surface area contributed by atoms with Crippen LogP contribution in [-0.4, -0.2) is 11.6 Å². The van der Waals surface area contributed by atoms with Crippen molar-refractivity contribution in [2.45, 2.75) is 12.3 Å². The van der Waals surface area contributed by atoms with Crippen molar-refractivity contribution in [2.24, 2.45) is 0 Å². The van der Waals surface area contributed by atoms with Gasteiger partial charge in [-0.25, -0.2) is 9.37 Å². The van der Waals surface area contributed by atoms with Crippen LogP contribution in [0, 0.1) is 5.82 Å². The Morgan fingerprint density at radius 1 is 1.47 bits per heavy atom. The molecule has 0 aliphatic heterocycles. The standard InChI is InChI=1S/C12H11BrFNOS/c1-2-16-11-4-3-8(5-9(11)14)10-7-17-12(6-13)15-10/h3-5,7H,2,6H2,1H3. The minimum Gasteiger partial charge on any atom is -0.491 e. The summed E-state index contributed by atoms with van der Waals surface area (Å²) in [6, 6.07) is 4.92. The topological polar surface area (TPSA) is 22.1 Å². The Balaban J connectivity index is 2.30. The molecule has 0 bridgehead atoms. The fourth-order valence-electron chi connectivity index (χ4n) is 1.44. The van der Waals surface area contributed by atoms with Gasteiger partial charge < -0.3 is 4.74 Å². The van der Waals surface area contributed by atoms with E-state index in [4.69, 9.17) is 4.74 Å². The van der Waals surface area contributed by atoms with Crippen molar-refractivity contribution in [3.8, 4) is 17.0 Å². The Kier molecular flexibility index (Phi) is 4.12. The van der Waals surface area contributed by atoms with Crippen LogP contribution in [0.1, 0.15) is 11.9 Å². The zero-order valence-electron chi connectivity index (χ0n) is 9.24. The van der Waals surface area contributed by atoms with E-state index in [1.165, 1.54) is 6.07 Å². The third-order valence-corrected chi connectivity index (χ3v) is 3.94. The van der Waals surface area contributed by atoms with Crippen molar-refractivity contribution >= 4 is 27.3 Å². The fraction of sp³-hybridized carbons (Fsp3) is 0.250. The van der Waals surface area contributed by atoms with Gasteiger partial charge in [-0.3, -0.25) is 0 Å². The third-order valence-electron chi connectivity index (χ3n) is 2.19. The van der Waals surface area contributed by atoms with E-state index in [1.54, 1.807) is 17.4 Å². The first kappa shape index (κ1) is 12.5. The van der Waals surface area contributed by atoms with Gasteiger partial charge in [-0.2, -0.15) is 0 Å². The first-order valence-electron chi connectivity index (χ1n) is 5.17. The third kappa shape index (κ3) is 2.84. The Bertz CT molecular complexity index is 515. The minimum absolute atomic E-state index is 0.284. The van der Waals surface area contributed by atoms with Crippen molar-refractivity contribution in [1.29, 1.82) is 0 Å². The van der Waals surface area contributed by atoms with Crippen LogP contribution in [0.4, 0.5) is 4.39 Å². The summed E-state index contributed by atoms with van der Waals surface area (Å²) in [6.45, 7) is 2.29. The number of halogens is 2. The zero-order chi connectivity index (χ0) is 12.3. The molecule has 2 rings (SSSR count). The van der Waals surface area contributed by atoms with Gasteiger partial charge in [0.25, 0.3) is 0 Å². The second-order valence-electron chi connectivity index (χ2n) is 3.34. The summed E-state index contributed by atoms with van der Waals surface area (Å²) in [7, 11) is 0. The van der Waals surface area contributed by atoms with Crippen LogP contribution in [-0.2, 0) is 5.33 Å². The number of hydrogen-bond acceptors (Lipinski definition) is 3. The molecule has 0 radical (unpaired) electrons. The van der Waals surface area contributed by atoms with E-state index in [0.29, 0.717) is 6.61 Å². The predicted octanol–water partition coefficient (Wildman–Crippen LogP) is 4.24. The summed E-state index contributed by atoms with van der Waals surface area (Å²) in [5.74, 6) is -0.0649. The van der Waals surface area contributed by atoms with Crippen LogP contribution in [0.2, 0.25) is 0 Å². The summed E-state index contributed by atoms with van der Waals surface area (Å²) < 4.78 is 18.8. The molecule has 0 amide bonds. The molecule has 2 aromatic rings. The molecule has 0 fully saturated rings. The lowest BCUT2D eigenvalue weighted by molar-refractivity contribution is 0.321. The first-order valence-corrected chi connectivity index (χ1v) is 7.17. The number of ether oxygens (including phenoxy) is 1. The van der Waals surface area contributed by atoms with E-state index in [9.17, 15) is 4.39 Å². The number of thiazole rings is 1. The molecule has 0 saturated carbocycles. The number of benzene rings is 1.